The average Bonchev–Trinajstić information content (AvgIpc) is 3.10. The SMILES string of the molecule is CC(C)c1cccc2c(C3(C(=O)O)CC3)cn(C)c12. The minimum atomic E-state index is -0.685. The Morgan fingerprint density at radius 2 is 2.05 bits per heavy atom. The molecule has 1 aromatic heterocycles. The lowest BCUT2D eigenvalue weighted by atomic mass is 9.93. The molecule has 2 aromatic rings. The van der Waals surface area contributed by atoms with Gasteiger partial charge in [0, 0.05) is 18.6 Å². The Morgan fingerprint density at radius 3 is 2.58 bits per heavy atom. The van der Waals surface area contributed by atoms with E-state index in [1.807, 2.05) is 19.3 Å². The number of aryl methyl sites for hydroxylation is 1. The first kappa shape index (κ1) is 12.3. The van der Waals surface area contributed by atoms with Gasteiger partial charge in [0.25, 0.3) is 0 Å². The van der Waals surface area contributed by atoms with Crippen molar-refractivity contribution in [2.75, 3.05) is 0 Å². The Labute approximate surface area is 112 Å². The first-order chi connectivity index (χ1) is 8.97. The Morgan fingerprint density at radius 1 is 1.37 bits per heavy atom. The smallest absolute Gasteiger partial charge is 0.314 e. The molecule has 0 bridgehead atoms. The van der Waals surface area contributed by atoms with Crippen LogP contribution in [0.25, 0.3) is 10.9 Å². The molecule has 1 saturated carbocycles. The molecule has 1 aliphatic carbocycles. The van der Waals surface area contributed by atoms with Gasteiger partial charge in [-0.1, -0.05) is 32.0 Å². The Bertz CT molecular complexity index is 663. The van der Waals surface area contributed by atoms with E-state index >= 15 is 0 Å². The van der Waals surface area contributed by atoms with Gasteiger partial charge in [-0.25, -0.2) is 0 Å². The zero-order valence-corrected chi connectivity index (χ0v) is 11.6. The first-order valence-electron chi connectivity index (χ1n) is 6.79. The number of carboxylic acid groups (broad SMARTS) is 1. The van der Waals surface area contributed by atoms with Crippen molar-refractivity contribution in [1.82, 2.24) is 4.57 Å². The summed E-state index contributed by atoms with van der Waals surface area (Å²) < 4.78 is 2.09. The van der Waals surface area contributed by atoms with Crippen LogP contribution in [0.5, 0.6) is 0 Å². The lowest BCUT2D eigenvalue weighted by molar-refractivity contribution is -0.140. The highest BCUT2D eigenvalue weighted by Gasteiger charge is 2.53. The number of carbonyl (C=O) groups is 1. The number of aromatic nitrogens is 1. The summed E-state index contributed by atoms with van der Waals surface area (Å²) in [6, 6.07) is 6.23. The van der Waals surface area contributed by atoms with E-state index < -0.39 is 11.4 Å². The normalized spacial score (nSPS) is 17.1. The molecular formula is C16H19NO2. The number of para-hydroxylation sites is 1. The van der Waals surface area contributed by atoms with Gasteiger partial charge in [0.1, 0.15) is 0 Å². The highest BCUT2D eigenvalue weighted by Crippen LogP contribution is 2.51. The molecule has 1 aromatic carbocycles. The molecule has 1 heterocycles. The predicted molar refractivity (Wildman–Crippen MR) is 75.6 cm³/mol. The van der Waals surface area contributed by atoms with Gasteiger partial charge in [-0.15, -0.1) is 0 Å². The molecule has 3 nitrogen and oxygen atoms in total. The van der Waals surface area contributed by atoms with Gasteiger partial charge < -0.3 is 9.67 Å². The largest absolute Gasteiger partial charge is 0.481 e. The maximum atomic E-state index is 11.5. The minimum Gasteiger partial charge on any atom is -0.481 e. The quantitative estimate of drug-likeness (QED) is 0.915. The first-order valence-corrected chi connectivity index (χ1v) is 6.79. The van der Waals surface area contributed by atoms with Crippen LogP contribution in [-0.2, 0) is 17.3 Å². The van der Waals surface area contributed by atoms with Crippen molar-refractivity contribution < 1.29 is 9.90 Å². The maximum absolute atomic E-state index is 11.5. The Hall–Kier alpha value is -1.77. The van der Waals surface area contributed by atoms with Crippen LogP contribution in [0.2, 0.25) is 0 Å². The van der Waals surface area contributed by atoms with Crippen LogP contribution < -0.4 is 0 Å². The fraction of sp³-hybridized carbons (Fsp3) is 0.438. The summed E-state index contributed by atoms with van der Waals surface area (Å²) in [5.74, 6) is -0.250. The number of rotatable bonds is 3. The van der Waals surface area contributed by atoms with E-state index in [9.17, 15) is 9.90 Å². The standard InChI is InChI=1S/C16H19NO2/c1-10(2)11-5-4-6-12-13(9-17(3)14(11)12)16(7-8-16)15(18)19/h4-6,9-10H,7-8H2,1-3H3,(H,18,19). The second-order valence-corrected chi connectivity index (χ2v) is 5.94. The van der Waals surface area contributed by atoms with Crippen molar-refractivity contribution in [2.45, 2.75) is 38.0 Å². The molecule has 0 aliphatic heterocycles. The van der Waals surface area contributed by atoms with Crippen LogP contribution in [0, 0.1) is 0 Å². The monoisotopic (exact) mass is 257 g/mol. The van der Waals surface area contributed by atoms with Gasteiger partial charge >= 0.3 is 5.97 Å². The summed E-state index contributed by atoms with van der Waals surface area (Å²) in [6.45, 7) is 4.34. The molecule has 100 valence electrons. The van der Waals surface area contributed by atoms with Crippen molar-refractivity contribution in [3.63, 3.8) is 0 Å². The molecular weight excluding hydrogens is 238 g/mol. The van der Waals surface area contributed by atoms with E-state index in [4.69, 9.17) is 0 Å². The number of carboxylic acids is 1. The summed E-state index contributed by atoms with van der Waals surface area (Å²) in [4.78, 5) is 11.5. The summed E-state index contributed by atoms with van der Waals surface area (Å²) in [6.07, 6.45) is 3.53. The topological polar surface area (TPSA) is 42.2 Å². The third-order valence-electron chi connectivity index (χ3n) is 4.33. The summed E-state index contributed by atoms with van der Waals surface area (Å²) in [7, 11) is 2.01. The van der Waals surface area contributed by atoms with Gasteiger partial charge in [-0.2, -0.15) is 0 Å². The third kappa shape index (κ3) is 1.61. The predicted octanol–water partition coefficient (Wildman–Crippen LogP) is 3.42. The van der Waals surface area contributed by atoms with Crippen molar-refractivity contribution in [3.8, 4) is 0 Å². The highest BCUT2D eigenvalue weighted by molar-refractivity contribution is 5.95. The summed E-state index contributed by atoms with van der Waals surface area (Å²) in [5, 5.41) is 10.6. The van der Waals surface area contributed by atoms with Gasteiger partial charge in [0.05, 0.1) is 10.9 Å². The number of hydrogen-bond donors (Lipinski definition) is 1. The van der Waals surface area contributed by atoms with Crippen LogP contribution in [0.15, 0.2) is 24.4 Å². The Balaban J connectivity index is 2.30. The number of benzene rings is 1. The van der Waals surface area contributed by atoms with Crippen LogP contribution >= 0.6 is 0 Å². The van der Waals surface area contributed by atoms with Gasteiger partial charge in [-0.3, -0.25) is 4.79 Å². The molecule has 3 heteroatoms. The second-order valence-electron chi connectivity index (χ2n) is 5.94. The van der Waals surface area contributed by atoms with Crippen LogP contribution in [-0.4, -0.2) is 15.6 Å². The van der Waals surface area contributed by atoms with Crippen LogP contribution in [0.3, 0.4) is 0 Å². The zero-order valence-electron chi connectivity index (χ0n) is 11.6. The minimum absolute atomic E-state index is 0.435. The molecule has 0 amide bonds. The van der Waals surface area contributed by atoms with Crippen molar-refractivity contribution >= 4 is 16.9 Å². The summed E-state index contributed by atoms with van der Waals surface area (Å²) in [5.41, 5.74) is 2.82. The molecule has 0 spiro atoms. The maximum Gasteiger partial charge on any atom is 0.314 e. The fourth-order valence-corrected chi connectivity index (χ4v) is 3.07. The molecule has 0 unspecified atom stereocenters. The molecule has 1 aliphatic rings. The molecule has 1 fully saturated rings. The fourth-order valence-electron chi connectivity index (χ4n) is 3.07. The van der Waals surface area contributed by atoms with E-state index in [2.05, 4.69) is 30.5 Å². The van der Waals surface area contributed by atoms with Crippen molar-refractivity contribution in [1.29, 1.82) is 0 Å². The lowest BCUT2D eigenvalue weighted by Gasteiger charge is -2.11. The van der Waals surface area contributed by atoms with Gasteiger partial charge in [0.2, 0.25) is 0 Å². The van der Waals surface area contributed by atoms with Gasteiger partial charge in [-0.05, 0) is 29.9 Å². The molecule has 19 heavy (non-hydrogen) atoms. The van der Waals surface area contributed by atoms with Gasteiger partial charge in [0.15, 0.2) is 0 Å². The van der Waals surface area contributed by atoms with E-state index in [1.54, 1.807) is 0 Å². The van der Waals surface area contributed by atoms with E-state index in [-0.39, 0.29) is 0 Å². The summed E-state index contributed by atoms with van der Waals surface area (Å²) >= 11 is 0. The average molecular weight is 257 g/mol. The zero-order chi connectivity index (χ0) is 13.8. The number of fused-ring (bicyclic) bond motifs is 1. The molecule has 0 radical (unpaired) electrons. The second kappa shape index (κ2) is 3.86. The van der Waals surface area contributed by atoms with Crippen molar-refractivity contribution in [2.24, 2.45) is 7.05 Å². The number of nitrogens with zero attached hydrogens (tertiary/aromatic N) is 1. The van der Waals surface area contributed by atoms with Crippen molar-refractivity contribution in [3.05, 3.63) is 35.5 Å². The number of aliphatic carboxylic acids is 1. The Kier molecular flexibility index (Phi) is 2.49. The molecule has 0 atom stereocenters. The number of hydrogen-bond acceptors (Lipinski definition) is 1. The molecule has 0 saturated heterocycles. The van der Waals surface area contributed by atoms with Crippen LogP contribution in [0.4, 0.5) is 0 Å². The molecule has 1 N–H and O–H groups in total. The van der Waals surface area contributed by atoms with E-state index in [0.717, 1.165) is 23.8 Å². The lowest BCUT2D eigenvalue weighted by Crippen LogP contribution is -2.19. The van der Waals surface area contributed by atoms with E-state index in [1.165, 1.54) is 11.1 Å². The third-order valence-corrected chi connectivity index (χ3v) is 4.33. The molecule has 3 rings (SSSR count). The highest BCUT2D eigenvalue weighted by atomic mass is 16.4. The van der Waals surface area contributed by atoms with Crippen LogP contribution in [0.1, 0.15) is 43.7 Å². The van der Waals surface area contributed by atoms with E-state index in [0.29, 0.717) is 5.92 Å².